The van der Waals surface area contributed by atoms with E-state index in [0.29, 0.717) is 12.5 Å². The van der Waals surface area contributed by atoms with Crippen LogP contribution in [0.3, 0.4) is 0 Å². The maximum absolute atomic E-state index is 12.0. The summed E-state index contributed by atoms with van der Waals surface area (Å²) in [5.74, 6) is 2.07. The number of rotatable bonds is 7. The molecule has 1 aliphatic heterocycles. The van der Waals surface area contributed by atoms with Crippen LogP contribution in [0.25, 0.3) is 0 Å². The number of hydrogen-bond acceptors (Lipinski definition) is 5. The van der Waals surface area contributed by atoms with Crippen molar-refractivity contribution >= 4 is 11.6 Å². The number of hydrogen-bond donors (Lipinski definition) is 2. The molecule has 0 radical (unpaired) electrons. The maximum atomic E-state index is 12.0. The molecule has 2 rings (SSSR count). The molecule has 1 aromatic rings. The number of nitrogens with zero attached hydrogens (tertiary/aromatic N) is 1. The average Bonchev–Trinajstić information content (AvgIpc) is 3.07. The van der Waals surface area contributed by atoms with Gasteiger partial charge in [-0.1, -0.05) is 13.8 Å². The quantitative estimate of drug-likeness (QED) is 0.792. The van der Waals surface area contributed by atoms with Crippen LogP contribution in [0.4, 0.5) is 5.69 Å². The van der Waals surface area contributed by atoms with E-state index in [1.165, 1.54) is 0 Å². The van der Waals surface area contributed by atoms with E-state index in [0.717, 1.165) is 36.7 Å². The lowest BCUT2D eigenvalue weighted by atomic mass is 10.0. The predicted molar refractivity (Wildman–Crippen MR) is 95.7 cm³/mol. The van der Waals surface area contributed by atoms with Gasteiger partial charge in [0.25, 0.3) is 0 Å². The van der Waals surface area contributed by atoms with Gasteiger partial charge in [0.05, 0.1) is 20.3 Å². The molecule has 3 N–H and O–H groups in total. The molecular weight excluding hydrogens is 306 g/mol. The van der Waals surface area contributed by atoms with Gasteiger partial charge in [0, 0.05) is 43.5 Å². The minimum absolute atomic E-state index is 0.0634. The van der Waals surface area contributed by atoms with Crippen LogP contribution in [0.5, 0.6) is 11.5 Å². The molecule has 1 saturated heterocycles. The van der Waals surface area contributed by atoms with Gasteiger partial charge < -0.3 is 25.4 Å². The summed E-state index contributed by atoms with van der Waals surface area (Å²) in [4.78, 5) is 14.3. The summed E-state index contributed by atoms with van der Waals surface area (Å²) < 4.78 is 10.7. The van der Waals surface area contributed by atoms with Crippen LogP contribution in [0, 0.1) is 11.8 Å². The Morgan fingerprint density at radius 1 is 1.29 bits per heavy atom. The van der Waals surface area contributed by atoms with E-state index in [1.807, 2.05) is 32.0 Å². The van der Waals surface area contributed by atoms with Crippen molar-refractivity contribution in [1.29, 1.82) is 0 Å². The zero-order valence-electron chi connectivity index (χ0n) is 15.0. The van der Waals surface area contributed by atoms with Crippen molar-refractivity contribution in [2.24, 2.45) is 17.6 Å². The van der Waals surface area contributed by atoms with Gasteiger partial charge >= 0.3 is 0 Å². The summed E-state index contributed by atoms with van der Waals surface area (Å²) >= 11 is 0. The Kier molecular flexibility index (Phi) is 6.31. The first-order valence-electron chi connectivity index (χ1n) is 8.46. The van der Waals surface area contributed by atoms with Gasteiger partial charge in [0.2, 0.25) is 5.91 Å². The highest BCUT2D eigenvalue weighted by molar-refractivity contribution is 5.81. The Balaban J connectivity index is 1.92. The number of nitrogens with one attached hydrogen (secondary N) is 1. The molecule has 1 fully saturated rings. The van der Waals surface area contributed by atoms with E-state index in [-0.39, 0.29) is 11.8 Å². The summed E-state index contributed by atoms with van der Waals surface area (Å²) in [6.45, 7) is 6.42. The highest BCUT2D eigenvalue weighted by atomic mass is 16.5. The smallest absolute Gasteiger partial charge is 0.237 e. The van der Waals surface area contributed by atoms with Gasteiger partial charge in [-0.2, -0.15) is 0 Å². The largest absolute Gasteiger partial charge is 0.497 e. The number of methoxy groups -OCH3 is 2. The molecule has 134 valence electrons. The van der Waals surface area contributed by atoms with E-state index >= 15 is 0 Å². The molecule has 24 heavy (non-hydrogen) atoms. The van der Waals surface area contributed by atoms with Crippen LogP contribution in [0.15, 0.2) is 18.2 Å². The van der Waals surface area contributed by atoms with Crippen LogP contribution in [-0.4, -0.2) is 45.8 Å². The second-order valence-corrected chi connectivity index (χ2v) is 6.69. The molecule has 1 heterocycles. The Labute approximate surface area is 144 Å². The fourth-order valence-corrected chi connectivity index (χ4v) is 2.87. The van der Waals surface area contributed by atoms with Crippen molar-refractivity contribution in [1.82, 2.24) is 5.32 Å². The number of anilines is 1. The first kappa shape index (κ1) is 18.4. The molecule has 6 nitrogen and oxygen atoms in total. The molecule has 0 bridgehead atoms. The maximum Gasteiger partial charge on any atom is 0.237 e. The van der Waals surface area contributed by atoms with Gasteiger partial charge in [0.1, 0.15) is 11.5 Å². The van der Waals surface area contributed by atoms with E-state index in [2.05, 4.69) is 10.2 Å². The molecule has 2 atom stereocenters. The molecule has 1 amide bonds. The standard InChI is InChI=1S/C18H29N3O3/c1-12(2)17(19)18(22)20-10-13-5-6-21(11-13)14-7-15(23-3)9-16(8-14)24-4/h7-9,12-13,17H,5-6,10-11,19H2,1-4H3,(H,20,22)/t13?,17-/m0/s1. The summed E-state index contributed by atoms with van der Waals surface area (Å²) in [5.41, 5.74) is 6.96. The Bertz CT molecular complexity index is 540. The van der Waals surface area contributed by atoms with Crippen molar-refractivity contribution in [3.8, 4) is 11.5 Å². The zero-order chi connectivity index (χ0) is 17.7. The van der Waals surface area contributed by atoms with E-state index in [1.54, 1.807) is 14.2 Å². The minimum atomic E-state index is -0.440. The molecule has 0 aliphatic carbocycles. The lowest BCUT2D eigenvalue weighted by Crippen LogP contribution is -2.45. The van der Waals surface area contributed by atoms with Crippen molar-refractivity contribution in [3.05, 3.63) is 18.2 Å². The van der Waals surface area contributed by atoms with Crippen molar-refractivity contribution < 1.29 is 14.3 Å². The Morgan fingerprint density at radius 2 is 1.92 bits per heavy atom. The monoisotopic (exact) mass is 335 g/mol. The number of carbonyl (C=O) groups excluding carboxylic acids is 1. The third-order valence-corrected chi connectivity index (χ3v) is 4.57. The molecule has 1 unspecified atom stereocenters. The Morgan fingerprint density at radius 3 is 2.46 bits per heavy atom. The molecular formula is C18H29N3O3. The fraction of sp³-hybridized carbons (Fsp3) is 0.611. The number of benzene rings is 1. The van der Waals surface area contributed by atoms with Crippen LogP contribution < -0.4 is 25.4 Å². The van der Waals surface area contributed by atoms with Gasteiger partial charge in [-0.15, -0.1) is 0 Å². The van der Waals surface area contributed by atoms with Gasteiger partial charge in [0.15, 0.2) is 0 Å². The summed E-state index contributed by atoms with van der Waals surface area (Å²) in [7, 11) is 3.30. The molecule has 1 aromatic carbocycles. The highest BCUT2D eigenvalue weighted by Crippen LogP contribution is 2.31. The van der Waals surface area contributed by atoms with E-state index < -0.39 is 6.04 Å². The van der Waals surface area contributed by atoms with Crippen molar-refractivity contribution in [2.45, 2.75) is 26.3 Å². The van der Waals surface area contributed by atoms with Gasteiger partial charge in [-0.25, -0.2) is 0 Å². The lowest BCUT2D eigenvalue weighted by Gasteiger charge is -2.21. The van der Waals surface area contributed by atoms with Gasteiger partial charge in [-0.05, 0) is 18.3 Å². The van der Waals surface area contributed by atoms with Crippen LogP contribution in [0.1, 0.15) is 20.3 Å². The van der Waals surface area contributed by atoms with Crippen LogP contribution in [0.2, 0.25) is 0 Å². The number of amides is 1. The predicted octanol–water partition coefficient (Wildman–Crippen LogP) is 1.63. The molecule has 0 saturated carbocycles. The van der Waals surface area contributed by atoms with Gasteiger partial charge in [-0.3, -0.25) is 4.79 Å². The topological polar surface area (TPSA) is 76.8 Å². The average molecular weight is 335 g/mol. The fourth-order valence-electron chi connectivity index (χ4n) is 2.87. The normalized spacial score (nSPS) is 18.6. The zero-order valence-corrected chi connectivity index (χ0v) is 15.0. The molecule has 1 aliphatic rings. The molecule has 0 spiro atoms. The molecule has 0 aromatic heterocycles. The lowest BCUT2D eigenvalue weighted by molar-refractivity contribution is -0.123. The highest BCUT2D eigenvalue weighted by Gasteiger charge is 2.25. The summed E-state index contributed by atoms with van der Waals surface area (Å²) in [6, 6.07) is 5.45. The van der Waals surface area contributed by atoms with E-state index in [4.69, 9.17) is 15.2 Å². The third kappa shape index (κ3) is 4.54. The Hall–Kier alpha value is -1.95. The number of nitrogens with two attached hydrogens (primary N) is 1. The summed E-state index contributed by atoms with van der Waals surface area (Å²) in [6.07, 6.45) is 1.04. The third-order valence-electron chi connectivity index (χ3n) is 4.57. The minimum Gasteiger partial charge on any atom is -0.497 e. The summed E-state index contributed by atoms with van der Waals surface area (Å²) in [5, 5.41) is 2.98. The van der Waals surface area contributed by atoms with Crippen LogP contribution in [-0.2, 0) is 4.79 Å². The first-order valence-corrected chi connectivity index (χ1v) is 8.46. The first-order chi connectivity index (χ1) is 11.4. The molecule has 6 heteroatoms. The second-order valence-electron chi connectivity index (χ2n) is 6.69. The second kappa shape index (κ2) is 8.24. The van der Waals surface area contributed by atoms with Crippen molar-refractivity contribution in [2.75, 3.05) is 38.8 Å². The number of carbonyl (C=O) groups is 1. The SMILES string of the molecule is COc1cc(OC)cc(N2CCC(CNC(=O)[C@@H](N)C(C)C)C2)c1. The van der Waals surface area contributed by atoms with E-state index in [9.17, 15) is 4.79 Å². The van der Waals surface area contributed by atoms with Crippen LogP contribution >= 0.6 is 0 Å². The van der Waals surface area contributed by atoms with Crippen molar-refractivity contribution in [3.63, 3.8) is 0 Å². The number of ether oxygens (including phenoxy) is 2.